The van der Waals surface area contributed by atoms with Gasteiger partial charge in [0.2, 0.25) is 0 Å². The third kappa shape index (κ3) is 4.98. The van der Waals surface area contributed by atoms with Crippen LogP contribution in [0.2, 0.25) is 5.02 Å². The molecule has 4 heteroatoms. The normalized spacial score (nSPS) is 10.9. The van der Waals surface area contributed by atoms with Gasteiger partial charge in [0, 0.05) is 19.4 Å². The average molecular weight is 285 g/mol. The van der Waals surface area contributed by atoms with E-state index in [9.17, 15) is 4.79 Å². The minimum absolute atomic E-state index is 0.271. The molecule has 108 valence electrons. The fourth-order valence-corrected chi connectivity index (χ4v) is 2.44. The van der Waals surface area contributed by atoms with E-state index in [0.717, 1.165) is 30.8 Å². The number of carbonyl (C=O) groups is 1. The number of rotatable bonds is 9. The first-order valence-electron chi connectivity index (χ1n) is 7.33. The zero-order valence-electron chi connectivity index (χ0n) is 12.3. The van der Waals surface area contributed by atoms with Gasteiger partial charge in [0.1, 0.15) is 5.78 Å². The molecule has 0 aliphatic carbocycles. The highest BCUT2D eigenvalue weighted by atomic mass is 35.5. The molecule has 1 aromatic heterocycles. The van der Waals surface area contributed by atoms with E-state index >= 15 is 0 Å². The number of hydrogen-bond acceptors (Lipinski definition) is 2. The van der Waals surface area contributed by atoms with Crippen LogP contribution in [0.15, 0.2) is 0 Å². The molecule has 1 rings (SSSR count). The summed E-state index contributed by atoms with van der Waals surface area (Å²) in [5.74, 6) is 0.271. The average Bonchev–Trinajstić information content (AvgIpc) is 2.66. The molecule has 19 heavy (non-hydrogen) atoms. The minimum atomic E-state index is 0.271. The second-order valence-electron chi connectivity index (χ2n) is 5.04. The number of halogens is 1. The predicted octanol–water partition coefficient (Wildman–Crippen LogP) is 4.34. The monoisotopic (exact) mass is 284 g/mol. The van der Waals surface area contributed by atoms with Crippen molar-refractivity contribution in [2.75, 3.05) is 0 Å². The Morgan fingerprint density at radius 1 is 1.21 bits per heavy atom. The van der Waals surface area contributed by atoms with Crippen molar-refractivity contribution in [3.05, 3.63) is 16.4 Å². The van der Waals surface area contributed by atoms with Gasteiger partial charge in [-0.15, -0.1) is 0 Å². The first-order chi connectivity index (χ1) is 9.10. The molecule has 0 bridgehead atoms. The van der Waals surface area contributed by atoms with E-state index in [-0.39, 0.29) is 5.78 Å². The van der Waals surface area contributed by atoms with Crippen molar-refractivity contribution in [2.45, 2.75) is 72.3 Å². The second kappa shape index (κ2) is 8.36. The lowest BCUT2D eigenvalue weighted by Gasteiger charge is -2.05. The molecule has 0 radical (unpaired) electrons. The van der Waals surface area contributed by atoms with Gasteiger partial charge in [0.25, 0.3) is 0 Å². The third-order valence-electron chi connectivity index (χ3n) is 3.38. The van der Waals surface area contributed by atoms with Gasteiger partial charge in [0.05, 0.1) is 16.4 Å². The van der Waals surface area contributed by atoms with Crippen molar-refractivity contribution in [2.24, 2.45) is 0 Å². The summed E-state index contributed by atoms with van der Waals surface area (Å²) in [5, 5.41) is 4.99. The molecule has 0 amide bonds. The maximum Gasteiger partial charge on any atom is 0.138 e. The van der Waals surface area contributed by atoms with Crippen molar-refractivity contribution in [1.82, 2.24) is 9.78 Å². The largest absolute Gasteiger partial charge is 0.299 e. The van der Waals surface area contributed by atoms with Crippen LogP contribution in [0.1, 0.15) is 63.8 Å². The molecule has 0 unspecified atom stereocenters. The fraction of sp³-hybridized carbons (Fsp3) is 0.733. The Hall–Kier alpha value is -0.830. The summed E-state index contributed by atoms with van der Waals surface area (Å²) in [7, 11) is 0. The Morgan fingerprint density at radius 2 is 1.89 bits per heavy atom. The number of hydrogen-bond donors (Lipinski definition) is 0. The zero-order valence-corrected chi connectivity index (χ0v) is 13.1. The number of nitrogens with zero attached hydrogens (tertiary/aromatic N) is 2. The van der Waals surface area contributed by atoms with E-state index in [0.29, 0.717) is 17.9 Å². The molecule has 1 heterocycles. The molecule has 0 N–H and O–H groups in total. The Bertz CT molecular complexity index is 413. The number of carbonyl (C=O) groups excluding carboxylic acids is 1. The molecule has 0 saturated heterocycles. The summed E-state index contributed by atoms with van der Waals surface area (Å²) in [6.07, 6.45) is 6.96. The van der Waals surface area contributed by atoms with Crippen molar-refractivity contribution in [3.63, 3.8) is 0 Å². The Balaban J connectivity index is 2.44. The summed E-state index contributed by atoms with van der Waals surface area (Å²) < 4.78 is 1.84. The Morgan fingerprint density at radius 3 is 2.53 bits per heavy atom. The molecule has 0 atom stereocenters. The van der Waals surface area contributed by atoms with Gasteiger partial charge in [0.15, 0.2) is 0 Å². The van der Waals surface area contributed by atoms with Crippen LogP contribution >= 0.6 is 11.6 Å². The maximum atomic E-state index is 12.0. The smallest absolute Gasteiger partial charge is 0.138 e. The third-order valence-corrected chi connectivity index (χ3v) is 3.87. The predicted molar refractivity (Wildman–Crippen MR) is 79.7 cm³/mol. The van der Waals surface area contributed by atoms with E-state index < -0.39 is 0 Å². The van der Waals surface area contributed by atoms with Crippen LogP contribution in [-0.2, 0) is 17.8 Å². The van der Waals surface area contributed by atoms with Gasteiger partial charge in [-0.1, -0.05) is 44.2 Å². The highest BCUT2D eigenvalue weighted by Crippen LogP contribution is 2.21. The lowest BCUT2D eigenvalue weighted by Crippen LogP contribution is -2.09. The van der Waals surface area contributed by atoms with Crippen molar-refractivity contribution in [1.29, 1.82) is 0 Å². The summed E-state index contributed by atoms with van der Waals surface area (Å²) >= 11 is 6.20. The standard InChI is InChI=1S/C15H25ClN2O/c1-4-6-7-8-9-10-13(19)11-14-15(16)12(3)17-18(14)5-2/h4-11H2,1-3H3. The first kappa shape index (κ1) is 16.2. The van der Waals surface area contributed by atoms with Gasteiger partial charge in [-0.25, -0.2) is 0 Å². The van der Waals surface area contributed by atoms with E-state index in [2.05, 4.69) is 12.0 Å². The lowest BCUT2D eigenvalue weighted by atomic mass is 10.1. The first-order valence-corrected chi connectivity index (χ1v) is 7.71. The molecule has 1 aromatic rings. The summed E-state index contributed by atoms with van der Waals surface area (Å²) in [6, 6.07) is 0. The van der Waals surface area contributed by atoms with E-state index in [4.69, 9.17) is 11.6 Å². The molecule has 0 fully saturated rings. The molecular formula is C15H25ClN2O. The summed E-state index contributed by atoms with van der Waals surface area (Å²) in [4.78, 5) is 12.0. The second-order valence-corrected chi connectivity index (χ2v) is 5.42. The van der Waals surface area contributed by atoms with Crippen molar-refractivity contribution >= 4 is 17.4 Å². The van der Waals surface area contributed by atoms with Crippen molar-refractivity contribution in [3.8, 4) is 0 Å². The van der Waals surface area contributed by atoms with Crippen LogP contribution in [0.5, 0.6) is 0 Å². The molecule has 0 saturated carbocycles. The highest BCUT2D eigenvalue weighted by molar-refractivity contribution is 6.32. The van der Waals surface area contributed by atoms with Crippen LogP contribution in [0.4, 0.5) is 0 Å². The number of ketones is 1. The summed E-state index contributed by atoms with van der Waals surface area (Å²) in [6.45, 7) is 6.85. The number of aryl methyl sites for hydroxylation is 2. The van der Waals surface area contributed by atoms with E-state index in [1.54, 1.807) is 0 Å². The Labute approximate surface area is 121 Å². The lowest BCUT2D eigenvalue weighted by molar-refractivity contribution is -0.118. The molecule has 0 spiro atoms. The fourth-order valence-electron chi connectivity index (χ4n) is 2.24. The van der Waals surface area contributed by atoms with Crippen molar-refractivity contribution < 1.29 is 4.79 Å². The maximum absolute atomic E-state index is 12.0. The quantitative estimate of drug-likeness (QED) is 0.632. The zero-order chi connectivity index (χ0) is 14.3. The number of aromatic nitrogens is 2. The minimum Gasteiger partial charge on any atom is -0.299 e. The van der Waals surface area contributed by atoms with Crippen LogP contribution in [0.25, 0.3) is 0 Å². The molecule has 0 aromatic carbocycles. The topological polar surface area (TPSA) is 34.9 Å². The van der Waals surface area contributed by atoms with E-state index in [1.165, 1.54) is 19.3 Å². The molecule has 3 nitrogen and oxygen atoms in total. The van der Waals surface area contributed by atoms with Gasteiger partial charge in [-0.05, 0) is 20.3 Å². The van der Waals surface area contributed by atoms with E-state index in [1.807, 2.05) is 18.5 Å². The SMILES string of the molecule is CCCCCCCC(=O)Cc1c(Cl)c(C)nn1CC. The number of Topliss-reactive ketones (excluding diaryl/α,β-unsaturated/α-hetero) is 1. The van der Waals surface area contributed by atoms with Crippen LogP contribution in [0.3, 0.4) is 0 Å². The van der Waals surface area contributed by atoms with Crippen LogP contribution < -0.4 is 0 Å². The van der Waals surface area contributed by atoms with Crippen LogP contribution in [-0.4, -0.2) is 15.6 Å². The van der Waals surface area contributed by atoms with Gasteiger partial charge >= 0.3 is 0 Å². The molecule has 0 aliphatic rings. The molecular weight excluding hydrogens is 260 g/mol. The van der Waals surface area contributed by atoms with Crippen LogP contribution in [0, 0.1) is 6.92 Å². The van der Waals surface area contributed by atoms with Gasteiger partial charge in [-0.2, -0.15) is 5.10 Å². The summed E-state index contributed by atoms with van der Waals surface area (Å²) in [5.41, 5.74) is 1.69. The molecule has 0 aliphatic heterocycles. The van der Waals surface area contributed by atoms with Gasteiger partial charge in [-0.3, -0.25) is 9.48 Å². The van der Waals surface area contributed by atoms with Gasteiger partial charge < -0.3 is 0 Å². The highest BCUT2D eigenvalue weighted by Gasteiger charge is 2.15. The Kier molecular flexibility index (Phi) is 7.14. The number of unbranched alkanes of at least 4 members (excludes halogenated alkanes) is 4.